The third-order valence-electron chi connectivity index (χ3n) is 3.16. The Morgan fingerprint density at radius 2 is 1.88 bits per heavy atom. The van der Waals surface area contributed by atoms with Crippen LogP contribution in [0.1, 0.15) is 37.7 Å². The van der Waals surface area contributed by atoms with E-state index in [2.05, 4.69) is 0 Å². The molecule has 1 fully saturated rings. The van der Waals surface area contributed by atoms with Gasteiger partial charge in [0, 0.05) is 18.9 Å². The minimum absolute atomic E-state index is 0.0618. The van der Waals surface area contributed by atoms with Gasteiger partial charge in [0.25, 0.3) is 0 Å². The Hall–Kier alpha value is -1.45. The Morgan fingerprint density at radius 1 is 1.18 bits per heavy atom. The highest BCUT2D eigenvalue weighted by Gasteiger charge is 2.19. The van der Waals surface area contributed by atoms with Crippen LogP contribution in [0.15, 0.2) is 18.2 Å². The molecule has 2 rings (SSSR count). The number of benzene rings is 1. The summed E-state index contributed by atoms with van der Waals surface area (Å²) >= 11 is 0. The van der Waals surface area contributed by atoms with Crippen LogP contribution in [0.4, 0.5) is 8.78 Å². The summed E-state index contributed by atoms with van der Waals surface area (Å²) in [6.07, 6.45) is 6.18. The lowest BCUT2D eigenvalue weighted by Gasteiger charge is -2.20. The van der Waals surface area contributed by atoms with Crippen LogP contribution in [0, 0.1) is 16.8 Å². The van der Waals surface area contributed by atoms with Crippen LogP contribution in [0.25, 0.3) is 0 Å². The van der Waals surface area contributed by atoms with Crippen LogP contribution in [0.5, 0.6) is 0 Å². The normalized spacial score (nSPS) is 18.4. The molecule has 0 N–H and O–H groups in total. The van der Waals surface area contributed by atoms with Crippen LogP contribution in [0.3, 0.4) is 0 Å². The van der Waals surface area contributed by atoms with Crippen molar-refractivity contribution in [2.45, 2.75) is 38.1 Å². The molecule has 0 unspecified atom stereocenters. The molecule has 2 nitrogen and oxygen atoms in total. The fraction of sp³-hybridized carbons (Fsp3) is 0.462. The molecule has 0 saturated heterocycles. The molecule has 1 aliphatic carbocycles. The predicted octanol–water partition coefficient (Wildman–Crippen LogP) is 3.23. The molecule has 0 aromatic heterocycles. The SMILES string of the molecule is [O-][N+](=Cc1ccc(F)cc1F)C1CCCCC1. The van der Waals surface area contributed by atoms with E-state index in [0.717, 1.165) is 49.0 Å². The van der Waals surface area contributed by atoms with Gasteiger partial charge in [-0.3, -0.25) is 0 Å². The van der Waals surface area contributed by atoms with Crippen LogP contribution in [-0.4, -0.2) is 17.0 Å². The van der Waals surface area contributed by atoms with Gasteiger partial charge in [-0.1, -0.05) is 6.42 Å². The highest BCUT2D eigenvalue weighted by molar-refractivity contribution is 5.76. The van der Waals surface area contributed by atoms with Crippen molar-refractivity contribution in [1.82, 2.24) is 0 Å². The van der Waals surface area contributed by atoms with Crippen molar-refractivity contribution in [3.05, 3.63) is 40.6 Å². The van der Waals surface area contributed by atoms with Crippen LogP contribution >= 0.6 is 0 Å². The molecule has 17 heavy (non-hydrogen) atoms. The first-order chi connectivity index (χ1) is 8.16. The average Bonchev–Trinajstić information content (AvgIpc) is 2.34. The Morgan fingerprint density at radius 3 is 2.53 bits per heavy atom. The lowest BCUT2D eigenvalue weighted by Crippen LogP contribution is -2.25. The van der Waals surface area contributed by atoms with E-state index in [-0.39, 0.29) is 11.6 Å². The van der Waals surface area contributed by atoms with Crippen molar-refractivity contribution < 1.29 is 13.5 Å². The zero-order chi connectivity index (χ0) is 12.3. The van der Waals surface area contributed by atoms with Gasteiger partial charge in [0.1, 0.15) is 11.6 Å². The van der Waals surface area contributed by atoms with Crippen molar-refractivity contribution in [3.8, 4) is 0 Å². The molecule has 0 atom stereocenters. The third kappa shape index (κ3) is 3.02. The number of hydrogen-bond donors (Lipinski definition) is 0. The van der Waals surface area contributed by atoms with E-state index in [4.69, 9.17) is 0 Å². The first-order valence-corrected chi connectivity index (χ1v) is 5.92. The summed E-state index contributed by atoms with van der Waals surface area (Å²) in [6.45, 7) is 0. The summed E-state index contributed by atoms with van der Waals surface area (Å²) in [7, 11) is 0. The largest absolute Gasteiger partial charge is 0.624 e. The Balaban J connectivity index is 2.16. The van der Waals surface area contributed by atoms with Gasteiger partial charge in [-0.05, 0) is 25.0 Å². The van der Waals surface area contributed by atoms with Crippen molar-refractivity contribution >= 4 is 6.21 Å². The first-order valence-electron chi connectivity index (χ1n) is 5.92. The molecule has 0 amide bonds. The molecule has 0 aliphatic heterocycles. The molecule has 1 aromatic rings. The topological polar surface area (TPSA) is 26.1 Å². The molecular formula is C13H15F2NO. The summed E-state index contributed by atoms with van der Waals surface area (Å²) < 4.78 is 26.9. The van der Waals surface area contributed by atoms with Crippen molar-refractivity contribution in [1.29, 1.82) is 0 Å². The van der Waals surface area contributed by atoms with E-state index in [1.54, 1.807) is 0 Å². The van der Waals surface area contributed by atoms with Crippen LogP contribution < -0.4 is 0 Å². The van der Waals surface area contributed by atoms with Crippen molar-refractivity contribution in [3.63, 3.8) is 0 Å². The van der Waals surface area contributed by atoms with Gasteiger partial charge in [-0.25, -0.2) is 13.5 Å². The first kappa shape index (κ1) is 12.0. The average molecular weight is 239 g/mol. The van der Waals surface area contributed by atoms with Gasteiger partial charge in [-0.15, -0.1) is 0 Å². The smallest absolute Gasteiger partial charge is 0.185 e. The standard InChI is InChI=1S/C13H15F2NO/c14-11-7-6-10(13(15)8-11)9-16(17)12-4-2-1-3-5-12/h6-9,12H,1-5H2. The maximum absolute atomic E-state index is 13.3. The van der Waals surface area contributed by atoms with E-state index in [1.807, 2.05) is 0 Å². The maximum Gasteiger partial charge on any atom is 0.185 e. The maximum atomic E-state index is 13.3. The fourth-order valence-corrected chi connectivity index (χ4v) is 2.18. The zero-order valence-electron chi connectivity index (χ0n) is 9.53. The second kappa shape index (κ2) is 5.25. The second-order valence-corrected chi connectivity index (χ2v) is 4.45. The summed E-state index contributed by atoms with van der Waals surface area (Å²) in [5, 5.41) is 11.8. The van der Waals surface area contributed by atoms with Crippen LogP contribution in [-0.2, 0) is 0 Å². The van der Waals surface area contributed by atoms with Gasteiger partial charge >= 0.3 is 0 Å². The molecule has 1 saturated carbocycles. The minimum atomic E-state index is -0.693. The summed E-state index contributed by atoms with van der Waals surface area (Å²) in [6, 6.07) is 3.18. The molecule has 0 spiro atoms. The lowest BCUT2D eigenvalue weighted by atomic mass is 9.96. The van der Waals surface area contributed by atoms with Crippen LogP contribution in [0.2, 0.25) is 0 Å². The second-order valence-electron chi connectivity index (χ2n) is 4.45. The van der Waals surface area contributed by atoms with Crippen molar-refractivity contribution in [2.24, 2.45) is 0 Å². The molecule has 92 valence electrons. The minimum Gasteiger partial charge on any atom is -0.624 e. The zero-order valence-corrected chi connectivity index (χ0v) is 9.53. The van der Waals surface area contributed by atoms with Crippen molar-refractivity contribution in [2.75, 3.05) is 0 Å². The number of hydrogen-bond acceptors (Lipinski definition) is 1. The summed E-state index contributed by atoms with van der Waals surface area (Å²) in [5.74, 6) is -1.32. The Kier molecular flexibility index (Phi) is 3.71. The van der Waals surface area contributed by atoms with E-state index in [0.29, 0.717) is 0 Å². The quantitative estimate of drug-likeness (QED) is 0.337. The summed E-state index contributed by atoms with van der Waals surface area (Å²) in [5.41, 5.74) is 0.145. The Bertz CT molecular complexity index is 425. The van der Waals surface area contributed by atoms with E-state index in [1.165, 1.54) is 12.3 Å². The number of halogens is 2. The highest BCUT2D eigenvalue weighted by atomic mass is 19.1. The van der Waals surface area contributed by atoms with Gasteiger partial charge in [0.05, 0.1) is 5.56 Å². The molecule has 0 radical (unpaired) electrons. The molecule has 4 heteroatoms. The molecule has 0 heterocycles. The fourth-order valence-electron chi connectivity index (χ4n) is 2.18. The van der Waals surface area contributed by atoms with Gasteiger partial charge < -0.3 is 5.21 Å². The number of rotatable bonds is 2. The van der Waals surface area contributed by atoms with E-state index < -0.39 is 11.6 Å². The van der Waals surface area contributed by atoms with Gasteiger partial charge in [-0.2, -0.15) is 0 Å². The van der Waals surface area contributed by atoms with Gasteiger partial charge in [0.2, 0.25) is 0 Å². The molecular weight excluding hydrogens is 224 g/mol. The summed E-state index contributed by atoms with van der Waals surface area (Å²) in [4.78, 5) is 0. The molecule has 0 bridgehead atoms. The highest BCUT2D eigenvalue weighted by Crippen LogP contribution is 2.20. The number of hydroxylamine groups is 1. The monoisotopic (exact) mass is 239 g/mol. The Labute approximate surface area is 99.2 Å². The number of nitrogens with zero attached hydrogens (tertiary/aromatic N) is 1. The lowest BCUT2D eigenvalue weighted by molar-refractivity contribution is -0.500. The predicted molar refractivity (Wildman–Crippen MR) is 62.0 cm³/mol. The van der Waals surface area contributed by atoms with E-state index >= 15 is 0 Å². The molecule has 1 aromatic carbocycles. The molecule has 1 aliphatic rings. The van der Waals surface area contributed by atoms with E-state index in [9.17, 15) is 14.0 Å². The third-order valence-corrected chi connectivity index (χ3v) is 3.16. The van der Waals surface area contributed by atoms with Gasteiger partial charge in [0.15, 0.2) is 12.3 Å².